The maximum Gasteiger partial charge on any atom is 0.276 e. The van der Waals surface area contributed by atoms with Crippen molar-refractivity contribution in [2.45, 2.75) is 18.2 Å². The first-order chi connectivity index (χ1) is 9.62. The van der Waals surface area contributed by atoms with Crippen LogP contribution >= 0.6 is 0 Å². The Balaban J connectivity index is 2.05. The highest BCUT2D eigenvalue weighted by molar-refractivity contribution is 7.89. The first kappa shape index (κ1) is 14.3. The second-order valence-corrected chi connectivity index (χ2v) is 5.92. The normalized spacial score (nSPS) is 11.7. The number of nitrogens with zero attached hydrogens (tertiary/aromatic N) is 1. The van der Waals surface area contributed by atoms with E-state index in [0.717, 1.165) is 12.0 Å². The van der Waals surface area contributed by atoms with Gasteiger partial charge in [0.15, 0.2) is 0 Å². The molecule has 2 aromatic carbocycles. The van der Waals surface area contributed by atoms with Crippen molar-refractivity contribution in [2.24, 2.45) is 5.10 Å². The number of rotatable bonds is 5. The van der Waals surface area contributed by atoms with E-state index in [-0.39, 0.29) is 4.90 Å². The molecule has 20 heavy (non-hydrogen) atoms. The van der Waals surface area contributed by atoms with Crippen molar-refractivity contribution < 1.29 is 8.42 Å². The first-order valence-corrected chi connectivity index (χ1v) is 7.79. The average molecular weight is 288 g/mol. The van der Waals surface area contributed by atoms with E-state index < -0.39 is 10.0 Å². The number of aryl methyl sites for hydroxylation is 1. The lowest BCUT2D eigenvalue weighted by atomic mass is 10.1. The molecule has 5 heteroatoms. The smallest absolute Gasteiger partial charge is 0.200 e. The molecule has 0 heterocycles. The van der Waals surface area contributed by atoms with Crippen LogP contribution in [0.2, 0.25) is 0 Å². The molecule has 104 valence electrons. The van der Waals surface area contributed by atoms with Crippen molar-refractivity contribution in [3.63, 3.8) is 0 Å². The quantitative estimate of drug-likeness (QED) is 0.679. The Hall–Kier alpha value is -2.14. The van der Waals surface area contributed by atoms with E-state index >= 15 is 0 Å². The second-order valence-electron chi connectivity index (χ2n) is 4.26. The van der Waals surface area contributed by atoms with Crippen LogP contribution in [0.3, 0.4) is 0 Å². The zero-order valence-corrected chi connectivity index (χ0v) is 12.0. The molecule has 0 saturated carbocycles. The fourth-order valence-corrected chi connectivity index (χ4v) is 2.47. The minimum Gasteiger partial charge on any atom is -0.200 e. The average Bonchev–Trinajstić information content (AvgIpc) is 2.49. The van der Waals surface area contributed by atoms with E-state index in [1.807, 2.05) is 24.3 Å². The SMILES string of the molecule is CCc1ccc(C=NNS(=O)(=O)c2ccccc2)cc1. The van der Waals surface area contributed by atoms with Gasteiger partial charge in [-0.15, -0.1) is 0 Å². The van der Waals surface area contributed by atoms with Gasteiger partial charge in [0, 0.05) is 0 Å². The van der Waals surface area contributed by atoms with Crippen molar-refractivity contribution in [3.05, 3.63) is 65.7 Å². The van der Waals surface area contributed by atoms with Gasteiger partial charge in [0.05, 0.1) is 11.1 Å². The third-order valence-electron chi connectivity index (χ3n) is 2.83. The predicted molar refractivity (Wildman–Crippen MR) is 80.2 cm³/mol. The fourth-order valence-electron chi connectivity index (χ4n) is 1.66. The van der Waals surface area contributed by atoms with Gasteiger partial charge in [-0.05, 0) is 29.7 Å². The summed E-state index contributed by atoms with van der Waals surface area (Å²) in [6, 6.07) is 15.9. The molecule has 0 aliphatic heterocycles. The van der Waals surface area contributed by atoms with Crippen molar-refractivity contribution >= 4 is 16.2 Å². The summed E-state index contributed by atoms with van der Waals surface area (Å²) in [5.41, 5.74) is 2.07. The number of hydrogen-bond donors (Lipinski definition) is 1. The van der Waals surface area contributed by atoms with Gasteiger partial charge in [0.1, 0.15) is 0 Å². The second kappa shape index (κ2) is 6.34. The molecule has 0 aliphatic carbocycles. The van der Waals surface area contributed by atoms with E-state index in [1.165, 1.54) is 23.9 Å². The molecule has 2 aromatic rings. The summed E-state index contributed by atoms with van der Waals surface area (Å²) in [6.07, 6.45) is 2.46. The molecular formula is C15H16N2O2S. The van der Waals surface area contributed by atoms with Gasteiger partial charge in [-0.25, -0.2) is 4.83 Å². The van der Waals surface area contributed by atoms with Crippen LogP contribution in [0, 0.1) is 0 Å². The Morgan fingerprint density at radius 3 is 2.30 bits per heavy atom. The van der Waals surface area contributed by atoms with Gasteiger partial charge in [-0.2, -0.15) is 13.5 Å². The van der Waals surface area contributed by atoms with Gasteiger partial charge < -0.3 is 0 Å². The minimum absolute atomic E-state index is 0.193. The molecule has 4 nitrogen and oxygen atoms in total. The largest absolute Gasteiger partial charge is 0.276 e. The molecule has 0 unspecified atom stereocenters. The molecule has 0 atom stereocenters. The van der Waals surface area contributed by atoms with E-state index in [0.29, 0.717) is 0 Å². The minimum atomic E-state index is -3.59. The third-order valence-corrected chi connectivity index (χ3v) is 4.07. The van der Waals surface area contributed by atoms with Crippen LogP contribution in [0.4, 0.5) is 0 Å². The standard InChI is InChI=1S/C15H16N2O2S/c1-2-13-8-10-14(11-9-13)12-16-17-20(18,19)15-6-4-3-5-7-15/h3-12,17H,2H2,1H3. The molecule has 0 aromatic heterocycles. The summed E-state index contributed by atoms with van der Waals surface area (Å²) in [4.78, 5) is 2.39. The monoisotopic (exact) mass is 288 g/mol. The maximum atomic E-state index is 11.9. The Morgan fingerprint density at radius 2 is 1.70 bits per heavy atom. The van der Waals surface area contributed by atoms with Crippen molar-refractivity contribution in [1.29, 1.82) is 0 Å². The summed E-state index contributed by atoms with van der Waals surface area (Å²) in [5.74, 6) is 0. The van der Waals surface area contributed by atoms with E-state index in [4.69, 9.17) is 0 Å². The predicted octanol–water partition coefficient (Wildman–Crippen LogP) is 2.56. The van der Waals surface area contributed by atoms with Gasteiger partial charge in [-0.3, -0.25) is 0 Å². The van der Waals surface area contributed by atoms with Gasteiger partial charge in [0.25, 0.3) is 10.0 Å². The lowest BCUT2D eigenvalue weighted by molar-refractivity contribution is 0.584. The van der Waals surface area contributed by atoms with Crippen LogP contribution in [0.5, 0.6) is 0 Å². The molecule has 2 rings (SSSR count). The summed E-state index contributed by atoms with van der Waals surface area (Å²) in [5, 5.41) is 3.78. The van der Waals surface area contributed by atoms with E-state index in [2.05, 4.69) is 16.9 Å². The molecule has 0 bridgehead atoms. The number of hydrazone groups is 1. The Bertz CT molecular complexity index is 678. The number of hydrogen-bond acceptors (Lipinski definition) is 3. The molecule has 0 amide bonds. The van der Waals surface area contributed by atoms with Crippen molar-refractivity contribution in [3.8, 4) is 0 Å². The Morgan fingerprint density at radius 1 is 1.05 bits per heavy atom. The molecule has 0 spiro atoms. The van der Waals surface area contributed by atoms with Gasteiger partial charge >= 0.3 is 0 Å². The van der Waals surface area contributed by atoms with Crippen molar-refractivity contribution in [1.82, 2.24) is 4.83 Å². The highest BCUT2D eigenvalue weighted by atomic mass is 32.2. The summed E-state index contributed by atoms with van der Waals surface area (Å²) >= 11 is 0. The van der Waals surface area contributed by atoms with Gasteiger partial charge in [0.2, 0.25) is 0 Å². The summed E-state index contributed by atoms with van der Waals surface area (Å²) in [6.45, 7) is 2.08. The van der Waals surface area contributed by atoms with Crippen LogP contribution in [-0.2, 0) is 16.4 Å². The molecule has 0 aliphatic rings. The third kappa shape index (κ3) is 3.68. The van der Waals surface area contributed by atoms with Crippen LogP contribution in [0.25, 0.3) is 0 Å². The van der Waals surface area contributed by atoms with E-state index in [1.54, 1.807) is 18.2 Å². The lowest BCUT2D eigenvalue weighted by Crippen LogP contribution is -2.18. The summed E-state index contributed by atoms with van der Waals surface area (Å²) < 4.78 is 23.8. The maximum absolute atomic E-state index is 11.9. The first-order valence-electron chi connectivity index (χ1n) is 6.30. The summed E-state index contributed by atoms with van der Waals surface area (Å²) in [7, 11) is -3.59. The van der Waals surface area contributed by atoms with Crippen LogP contribution in [-0.4, -0.2) is 14.6 Å². The highest BCUT2D eigenvalue weighted by Gasteiger charge is 2.10. The van der Waals surface area contributed by atoms with Crippen LogP contribution in [0.1, 0.15) is 18.1 Å². The molecule has 0 radical (unpaired) electrons. The van der Waals surface area contributed by atoms with Crippen molar-refractivity contribution in [2.75, 3.05) is 0 Å². The molecule has 0 saturated heterocycles. The highest BCUT2D eigenvalue weighted by Crippen LogP contribution is 2.07. The zero-order chi connectivity index (χ0) is 14.4. The van der Waals surface area contributed by atoms with Crippen LogP contribution in [0.15, 0.2) is 64.6 Å². The Labute approximate surface area is 119 Å². The van der Waals surface area contributed by atoms with Crippen LogP contribution < -0.4 is 4.83 Å². The molecular weight excluding hydrogens is 272 g/mol. The van der Waals surface area contributed by atoms with Gasteiger partial charge in [-0.1, -0.05) is 49.4 Å². The fraction of sp³-hybridized carbons (Fsp3) is 0.133. The topological polar surface area (TPSA) is 58.5 Å². The Kier molecular flexibility index (Phi) is 4.53. The molecule has 1 N–H and O–H groups in total. The number of benzene rings is 2. The lowest BCUT2D eigenvalue weighted by Gasteiger charge is -2.02. The molecule has 0 fully saturated rings. The van der Waals surface area contributed by atoms with E-state index in [9.17, 15) is 8.42 Å². The zero-order valence-electron chi connectivity index (χ0n) is 11.2. The number of sulfonamides is 1. The number of nitrogens with one attached hydrogen (secondary N) is 1.